The minimum atomic E-state index is -0.318. The van der Waals surface area contributed by atoms with E-state index in [0.29, 0.717) is 35.1 Å². The number of aromatic nitrogens is 4. The number of piperazine rings is 1. The Hall–Kier alpha value is -3.17. The highest BCUT2D eigenvalue weighted by atomic mass is 19.1. The number of anilines is 1. The van der Waals surface area contributed by atoms with Crippen LogP contribution in [0.2, 0.25) is 0 Å². The molecule has 1 fully saturated rings. The van der Waals surface area contributed by atoms with E-state index in [1.807, 2.05) is 26.8 Å². The van der Waals surface area contributed by atoms with Crippen LogP contribution in [-0.2, 0) is 4.79 Å². The minimum absolute atomic E-state index is 0.130. The van der Waals surface area contributed by atoms with Crippen LogP contribution < -0.4 is 5.32 Å². The molecule has 4 rings (SSSR count). The average molecular weight is 438 g/mol. The SMILES string of the molecule is Cc1cc(C)n(-c2cc(NC(=O)CN3CCN(C)CC3)nc(-c3ccc(F)cc3C)n2)n1. The van der Waals surface area contributed by atoms with Gasteiger partial charge in [-0.3, -0.25) is 9.69 Å². The first-order valence-corrected chi connectivity index (χ1v) is 10.7. The molecule has 9 heteroatoms. The Morgan fingerprint density at radius 1 is 1.06 bits per heavy atom. The van der Waals surface area contributed by atoms with Gasteiger partial charge in [0.2, 0.25) is 5.91 Å². The van der Waals surface area contributed by atoms with E-state index in [-0.39, 0.29) is 11.7 Å². The molecule has 8 nitrogen and oxygen atoms in total. The smallest absolute Gasteiger partial charge is 0.239 e. The fraction of sp³-hybridized carbons (Fsp3) is 0.391. The lowest BCUT2D eigenvalue weighted by Gasteiger charge is -2.31. The quantitative estimate of drug-likeness (QED) is 0.661. The maximum atomic E-state index is 13.6. The molecule has 1 aliphatic rings. The second-order valence-electron chi connectivity index (χ2n) is 8.36. The number of nitrogens with one attached hydrogen (secondary N) is 1. The average Bonchev–Trinajstić information content (AvgIpc) is 3.07. The first-order chi connectivity index (χ1) is 15.3. The lowest BCUT2D eigenvalue weighted by molar-refractivity contribution is -0.117. The fourth-order valence-electron chi connectivity index (χ4n) is 3.86. The number of hydrogen-bond acceptors (Lipinski definition) is 6. The lowest BCUT2D eigenvalue weighted by atomic mass is 10.1. The number of aryl methyl sites for hydroxylation is 3. The molecule has 1 amide bonds. The van der Waals surface area contributed by atoms with Crippen molar-refractivity contribution in [3.63, 3.8) is 0 Å². The molecule has 1 aromatic carbocycles. The Morgan fingerprint density at radius 2 is 1.81 bits per heavy atom. The number of benzene rings is 1. The molecule has 0 atom stereocenters. The maximum absolute atomic E-state index is 13.6. The van der Waals surface area contributed by atoms with E-state index < -0.39 is 0 Å². The molecule has 1 N–H and O–H groups in total. The van der Waals surface area contributed by atoms with Crippen molar-refractivity contribution in [2.75, 3.05) is 45.1 Å². The van der Waals surface area contributed by atoms with Crippen LogP contribution in [-0.4, -0.2) is 75.2 Å². The number of amides is 1. The molecule has 0 radical (unpaired) electrons. The van der Waals surface area contributed by atoms with Crippen LogP contribution in [0.5, 0.6) is 0 Å². The van der Waals surface area contributed by atoms with Crippen molar-refractivity contribution >= 4 is 11.7 Å². The number of likely N-dealkylation sites (N-methyl/N-ethyl adjacent to an activating group) is 1. The zero-order valence-electron chi connectivity index (χ0n) is 18.9. The molecule has 2 aromatic heterocycles. The second kappa shape index (κ2) is 9.13. The summed E-state index contributed by atoms with van der Waals surface area (Å²) in [6.45, 7) is 9.55. The van der Waals surface area contributed by atoms with Crippen LogP contribution in [0.25, 0.3) is 17.2 Å². The van der Waals surface area contributed by atoms with Gasteiger partial charge in [-0.15, -0.1) is 0 Å². The van der Waals surface area contributed by atoms with Crippen LogP contribution in [0.15, 0.2) is 30.3 Å². The molecule has 32 heavy (non-hydrogen) atoms. The van der Waals surface area contributed by atoms with Gasteiger partial charge in [0.25, 0.3) is 0 Å². The van der Waals surface area contributed by atoms with E-state index >= 15 is 0 Å². The van der Waals surface area contributed by atoms with Crippen molar-refractivity contribution in [1.82, 2.24) is 29.5 Å². The van der Waals surface area contributed by atoms with Gasteiger partial charge in [0.1, 0.15) is 11.6 Å². The molecule has 0 aliphatic carbocycles. The van der Waals surface area contributed by atoms with Gasteiger partial charge in [0.05, 0.1) is 12.2 Å². The normalized spacial score (nSPS) is 15.2. The van der Waals surface area contributed by atoms with E-state index in [9.17, 15) is 9.18 Å². The van der Waals surface area contributed by atoms with Crippen LogP contribution in [0, 0.1) is 26.6 Å². The molecule has 0 spiro atoms. The third-order valence-electron chi connectivity index (χ3n) is 5.60. The van der Waals surface area contributed by atoms with Gasteiger partial charge in [-0.2, -0.15) is 5.10 Å². The number of rotatable bonds is 5. The molecular weight excluding hydrogens is 409 g/mol. The standard InChI is InChI=1S/C23H28FN7O/c1-15-11-18(24)5-6-19(15)23-26-20(13-21(27-23)31-17(3)12-16(2)28-31)25-22(32)14-30-9-7-29(4)8-10-30/h5-6,11-13H,7-10,14H2,1-4H3,(H,25,26,27,32). The molecule has 168 valence electrons. The summed E-state index contributed by atoms with van der Waals surface area (Å²) >= 11 is 0. The monoisotopic (exact) mass is 437 g/mol. The van der Waals surface area contributed by atoms with E-state index in [0.717, 1.165) is 37.6 Å². The van der Waals surface area contributed by atoms with Crippen LogP contribution in [0.3, 0.4) is 0 Å². The Balaban J connectivity index is 1.65. The highest BCUT2D eigenvalue weighted by Gasteiger charge is 2.18. The fourth-order valence-corrected chi connectivity index (χ4v) is 3.86. The highest BCUT2D eigenvalue weighted by molar-refractivity contribution is 5.91. The van der Waals surface area contributed by atoms with Gasteiger partial charge in [-0.25, -0.2) is 19.0 Å². The molecule has 0 saturated carbocycles. The molecular formula is C23H28FN7O. The van der Waals surface area contributed by atoms with E-state index in [2.05, 4.69) is 37.2 Å². The van der Waals surface area contributed by atoms with E-state index in [4.69, 9.17) is 0 Å². The van der Waals surface area contributed by atoms with E-state index in [1.165, 1.54) is 12.1 Å². The zero-order chi connectivity index (χ0) is 22.8. The minimum Gasteiger partial charge on any atom is -0.309 e. The summed E-state index contributed by atoms with van der Waals surface area (Å²) in [5, 5.41) is 7.43. The number of nitrogens with zero attached hydrogens (tertiary/aromatic N) is 6. The van der Waals surface area contributed by atoms with Gasteiger partial charge in [-0.1, -0.05) is 0 Å². The summed E-state index contributed by atoms with van der Waals surface area (Å²) in [6.07, 6.45) is 0. The zero-order valence-corrected chi connectivity index (χ0v) is 18.9. The summed E-state index contributed by atoms with van der Waals surface area (Å²) in [5.74, 6) is 0.887. The van der Waals surface area contributed by atoms with Crippen molar-refractivity contribution < 1.29 is 9.18 Å². The molecule has 1 aliphatic heterocycles. The second-order valence-corrected chi connectivity index (χ2v) is 8.36. The third-order valence-corrected chi connectivity index (χ3v) is 5.60. The summed E-state index contributed by atoms with van der Waals surface area (Å²) in [6, 6.07) is 8.15. The first-order valence-electron chi connectivity index (χ1n) is 10.7. The predicted octanol–water partition coefficient (Wildman–Crippen LogP) is 2.58. The van der Waals surface area contributed by atoms with Gasteiger partial charge in [-0.05, 0) is 57.6 Å². The van der Waals surface area contributed by atoms with Gasteiger partial charge in [0.15, 0.2) is 11.6 Å². The maximum Gasteiger partial charge on any atom is 0.239 e. The highest BCUT2D eigenvalue weighted by Crippen LogP contribution is 2.24. The van der Waals surface area contributed by atoms with Crippen molar-refractivity contribution in [3.05, 3.63) is 53.1 Å². The molecule has 3 aromatic rings. The number of hydrogen-bond donors (Lipinski definition) is 1. The van der Waals surface area contributed by atoms with Gasteiger partial charge >= 0.3 is 0 Å². The Labute approximate surface area is 187 Å². The topological polar surface area (TPSA) is 79.2 Å². The first kappa shape index (κ1) is 22.0. The number of halogens is 1. The number of carbonyl (C=O) groups excluding carboxylic acids is 1. The Morgan fingerprint density at radius 3 is 2.47 bits per heavy atom. The molecule has 3 heterocycles. The van der Waals surface area contributed by atoms with Crippen LogP contribution in [0.1, 0.15) is 17.0 Å². The van der Waals surface area contributed by atoms with Crippen LogP contribution >= 0.6 is 0 Å². The molecule has 1 saturated heterocycles. The van der Waals surface area contributed by atoms with Crippen molar-refractivity contribution in [3.8, 4) is 17.2 Å². The number of carbonyl (C=O) groups is 1. The summed E-state index contributed by atoms with van der Waals surface area (Å²) in [4.78, 5) is 26.4. The van der Waals surface area contributed by atoms with Crippen molar-refractivity contribution in [2.45, 2.75) is 20.8 Å². The van der Waals surface area contributed by atoms with Gasteiger partial charge < -0.3 is 10.2 Å². The van der Waals surface area contributed by atoms with Gasteiger partial charge in [0, 0.05) is 43.5 Å². The largest absolute Gasteiger partial charge is 0.309 e. The van der Waals surface area contributed by atoms with Crippen LogP contribution in [0.4, 0.5) is 10.2 Å². The Bertz CT molecular complexity index is 1140. The molecule has 0 unspecified atom stereocenters. The summed E-state index contributed by atoms with van der Waals surface area (Å²) < 4.78 is 15.4. The summed E-state index contributed by atoms with van der Waals surface area (Å²) in [7, 11) is 2.08. The van der Waals surface area contributed by atoms with Crippen molar-refractivity contribution in [2.24, 2.45) is 0 Å². The third kappa shape index (κ3) is 5.00. The van der Waals surface area contributed by atoms with Crippen molar-refractivity contribution in [1.29, 1.82) is 0 Å². The Kier molecular flexibility index (Phi) is 6.29. The predicted molar refractivity (Wildman–Crippen MR) is 121 cm³/mol. The molecule has 0 bridgehead atoms. The summed E-state index contributed by atoms with van der Waals surface area (Å²) in [5.41, 5.74) is 3.19. The lowest BCUT2D eigenvalue weighted by Crippen LogP contribution is -2.47. The van der Waals surface area contributed by atoms with E-state index in [1.54, 1.807) is 16.8 Å².